The van der Waals surface area contributed by atoms with Crippen molar-refractivity contribution >= 4 is 0 Å². The first-order chi connectivity index (χ1) is 10.4. The number of benzene rings is 2. The molecule has 0 N–H and O–H groups in total. The Hall–Kier alpha value is -2.00. The molecule has 1 aliphatic rings. The molecule has 1 saturated carbocycles. The zero-order chi connectivity index (χ0) is 14.3. The van der Waals surface area contributed by atoms with Gasteiger partial charge >= 0.3 is 0 Å². The van der Waals surface area contributed by atoms with Crippen molar-refractivity contribution in [2.24, 2.45) is 5.92 Å². The Morgan fingerprint density at radius 2 is 1.43 bits per heavy atom. The maximum atomic E-state index is 3.50. The molecule has 3 rings (SSSR count). The van der Waals surface area contributed by atoms with Gasteiger partial charge in [-0.25, -0.2) is 0 Å². The molecule has 1 fully saturated rings. The molecule has 0 spiro atoms. The number of hydrogen-bond acceptors (Lipinski definition) is 0. The van der Waals surface area contributed by atoms with Crippen molar-refractivity contribution < 1.29 is 0 Å². The maximum Gasteiger partial charge on any atom is 0.0245 e. The van der Waals surface area contributed by atoms with Crippen molar-refractivity contribution in [3.8, 4) is 11.8 Å². The Labute approximate surface area is 128 Å². The van der Waals surface area contributed by atoms with Gasteiger partial charge < -0.3 is 0 Å². The predicted molar refractivity (Wildman–Crippen MR) is 89.1 cm³/mol. The molecule has 2 unspecified atom stereocenters. The second-order valence-corrected chi connectivity index (χ2v) is 5.95. The monoisotopic (exact) mass is 274 g/mol. The Morgan fingerprint density at radius 1 is 0.714 bits per heavy atom. The highest BCUT2D eigenvalue weighted by atomic mass is 14.2. The summed E-state index contributed by atoms with van der Waals surface area (Å²) in [7, 11) is 0. The summed E-state index contributed by atoms with van der Waals surface area (Å²) in [4.78, 5) is 0. The Kier molecular flexibility index (Phi) is 4.74. The van der Waals surface area contributed by atoms with Crippen LogP contribution >= 0.6 is 0 Å². The van der Waals surface area contributed by atoms with Gasteiger partial charge in [-0.3, -0.25) is 0 Å². The van der Waals surface area contributed by atoms with E-state index in [1.165, 1.54) is 37.7 Å². The van der Waals surface area contributed by atoms with E-state index in [0.29, 0.717) is 5.92 Å². The largest absolute Gasteiger partial charge is 0.0945 e. The summed E-state index contributed by atoms with van der Waals surface area (Å²) in [5.41, 5.74) is 2.65. The first kappa shape index (κ1) is 14.0. The molecule has 0 bridgehead atoms. The van der Waals surface area contributed by atoms with Crippen LogP contribution in [-0.4, -0.2) is 0 Å². The van der Waals surface area contributed by atoms with E-state index in [1.54, 1.807) is 0 Å². The van der Waals surface area contributed by atoms with Gasteiger partial charge in [-0.15, -0.1) is 0 Å². The fraction of sp³-hybridized carbons (Fsp3) is 0.333. The van der Waals surface area contributed by atoms with Gasteiger partial charge in [-0.1, -0.05) is 66.8 Å². The standard InChI is InChI=1S/C21H22/c1-3-8-18(9-4-1)14-15-19-10-7-13-21(17-16-19)20-11-5-2-6-12-20/h1-6,8-9,11-12,19,21H,7,10,13,16-17H2. The normalized spacial score (nSPS) is 21.9. The second kappa shape index (κ2) is 7.14. The molecule has 0 aromatic heterocycles. The molecule has 106 valence electrons. The average molecular weight is 274 g/mol. The quantitative estimate of drug-likeness (QED) is 0.482. The van der Waals surface area contributed by atoms with E-state index < -0.39 is 0 Å². The summed E-state index contributed by atoms with van der Waals surface area (Å²) in [5, 5.41) is 0. The molecular formula is C21H22. The number of hydrogen-bond donors (Lipinski definition) is 0. The van der Waals surface area contributed by atoms with E-state index in [2.05, 4.69) is 66.4 Å². The van der Waals surface area contributed by atoms with Crippen molar-refractivity contribution in [1.29, 1.82) is 0 Å². The van der Waals surface area contributed by atoms with E-state index in [-0.39, 0.29) is 0 Å². The van der Waals surface area contributed by atoms with Crippen LogP contribution in [0.3, 0.4) is 0 Å². The van der Waals surface area contributed by atoms with Gasteiger partial charge in [0.2, 0.25) is 0 Å². The topological polar surface area (TPSA) is 0 Å². The molecule has 0 heteroatoms. The maximum absolute atomic E-state index is 3.50. The van der Waals surface area contributed by atoms with Crippen LogP contribution in [0.15, 0.2) is 60.7 Å². The smallest absolute Gasteiger partial charge is 0.0245 e. The molecule has 0 aliphatic heterocycles. The van der Waals surface area contributed by atoms with Crippen molar-refractivity contribution in [3.63, 3.8) is 0 Å². The second-order valence-electron chi connectivity index (χ2n) is 5.95. The average Bonchev–Trinajstić information content (AvgIpc) is 2.80. The Morgan fingerprint density at radius 3 is 2.19 bits per heavy atom. The van der Waals surface area contributed by atoms with E-state index in [9.17, 15) is 0 Å². The zero-order valence-electron chi connectivity index (χ0n) is 12.5. The van der Waals surface area contributed by atoms with Crippen LogP contribution in [0.5, 0.6) is 0 Å². The molecule has 0 heterocycles. The lowest BCUT2D eigenvalue weighted by Gasteiger charge is -2.14. The molecule has 0 saturated heterocycles. The number of rotatable bonds is 1. The lowest BCUT2D eigenvalue weighted by molar-refractivity contribution is 0.563. The molecule has 0 amide bonds. The molecule has 2 aromatic rings. The summed E-state index contributed by atoms with van der Waals surface area (Å²) >= 11 is 0. The fourth-order valence-corrected chi connectivity index (χ4v) is 3.21. The molecule has 21 heavy (non-hydrogen) atoms. The lowest BCUT2D eigenvalue weighted by Crippen LogP contribution is -1.98. The highest BCUT2D eigenvalue weighted by Gasteiger charge is 2.18. The van der Waals surface area contributed by atoms with Gasteiger partial charge in [0.05, 0.1) is 0 Å². The zero-order valence-corrected chi connectivity index (χ0v) is 12.5. The van der Waals surface area contributed by atoms with E-state index in [4.69, 9.17) is 0 Å². The summed E-state index contributed by atoms with van der Waals surface area (Å²) in [6, 6.07) is 21.3. The van der Waals surface area contributed by atoms with Crippen LogP contribution in [0.1, 0.15) is 49.1 Å². The van der Waals surface area contributed by atoms with Gasteiger partial charge in [-0.2, -0.15) is 0 Å². The van der Waals surface area contributed by atoms with Gasteiger partial charge in [0.25, 0.3) is 0 Å². The van der Waals surface area contributed by atoms with Gasteiger partial charge in [0, 0.05) is 11.5 Å². The van der Waals surface area contributed by atoms with E-state index in [0.717, 1.165) is 11.5 Å². The predicted octanol–water partition coefficient (Wildman–Crippen LogP) is 5.40. The van der Waals surface area contributed by atoms with E-state index in [1.807, 2.05) is 6.07 Å². The van der Waals surface area contributed by atoms with Crippen LogP contribution < -0.4 is 0 Å². The van der Waals surface area contributed by atoms with Crippen LogP contribution in [0, 0.1) is 17.8 Å². The fourth-order valence-electron chi connectivity index (χ4n) is 3.21. The molecule has 2 atom stereocenters. The highest BCUT2D eigenvalue weighted by molar-refractivity contribution is 5.34. The van der Waals surface area contributed by atoms with Crippen LogP contribution in [0.25, 0.3) is 0 Å². The molecular weight excluding hydrogens is 252 g/mol. The summed E-state index contributed by atoms with van der Waals surface area (Å²) in [6.07, 6.45) is 6.38. The molecule has 0 radical (unpaired) electrons. The first-order valence-corrected chi connectivity index (χ1v) is 8.03. The van der Waals surface area contributed by atoms with Crippen LogP contribution in [-0.2, 0) is 0 Å². The summed E-state index contributed by atoms with van der Waals surface area (Å²) in [5.74, 6) is 8.15. The minimum absolute atomic E-state index is 0.568. The lowest BCUT2D eigenvalue weighted by atomic mass is 9.91. The molecule has 0 nitrogen and oxygen atoms in total. The minimum Gasteiger partial charge on any atom is -0.0945 e. The minimum atomic E-state index is 0.568. The van der Waals surface area contributed by atoms with Crippen LogP contribution in [0.4, 0.5) is 0 Å². The van der Waals surface area contributed by atoms with Crippen molar-refractivity contribution in [3.05, 3.63) is 71.8 Å². The van der Waals surface area contributed by atoms with Gasteiger partial charge in [-0.05, 0) is 49.3 Å². The van der Waals surface area contributed by atoms with E-state index >= 15 is 0 Å². The van der Waals surface area contributed by atoms with Gasteiger partial charge in [0.1, 0.15) is 0 Å². The van der Waals surface area contributed by atoms with Crippen molar-refractivity contribution in [2.45, 2.75) is 38.0 Å². The van der Waals surface area contributed by atoms with Crippen LogP contribution in [0.2, 0.25) is 0 Å². The summed E-state index contributed by atoms with van der Waals surface area (Å²) < 4.78 is 0. The third kappa shape index (κ3) is 3.99. The SMILES string of the molecule is C(#CC1CCCC(c2ccccc2)CC1)c1ccccc1. The van der Waals surface area contributed by atoms with Gasteiger partial charge in [0.15, 0.2) is 0 Å². The molecule has 1 aliphatic carbocycles. The Balaban J connectivity index is 1.63. The van der Waals surface area contributed by atoms with Crippen molar-refractivity contribution in [2.75, 3.05) is 0 Å². The molecule has 2 aromatic carbocycles. The summed E-state index contributed by atoms with van der Waals surface area (Å²) in [6.45, 7) is 0. The first-order valence-electron chi connectivity index (χ1n) is 8.03. The van der Waals surface area contributed by atoms with Crippen molar-refractivity contribution in [1.82, 2.24) is 0 Å². The Bertz CT molecular complexity index is 601. The third-order valence-electron chi connectivity index (χ3n) is 4.43. The highest BCUT2D eigenvalue weighted by Crippen LogP contribution is 2.33. The third-order valence-corrected chi connectivity index (χ3v) is 4.43.